The molecular formula is C25H23N3OS. The fourth-order valence-corrected chi connectivity index (χ4v) is 3.95. The smallest absolute Gasteiger partial charge is 0.225 e. The Balaban J connectivity index is 1.45. The van der Waals surface area contributed by atoms with Crippen LogP contribution in [0.25, 0.3) is 22.5 Å². The van der Waals surface area contributed by atoms with Crippen LogP contribution in [0.4, 0.5) is 5.69 Å². The van der Waals surface area contributed by atoms with E-state index in [0.717, 1.165) is 33.4 Å². The van der Waals surface area contributed by atoms with Gasteiger partial charge in [-0.1, -0.05) is 90.1 Å². The molecule has 0 radical (unpaired) electrons. The van der Waals surface area contributed by atoms with E-state index in [9.17, 15) is 4.79 Å². The summed E-state index contributed by atoms with van der Waals surface area (Å²) in [5.41, 5.74) is 6.07. The van der Waals surface area contributed by atoms with Gasteiger partial charge in [0.1, 0.15) is 0 Å². The first-order valence-electron chi connectivity index (χ1n) is 9.89. The predicted octanol–water partition coefficient (Wildman–Crippen LogP) is 6.17. The van der Waals surface area contributed by atoms with Gasteiger partial charge >= 0.3 is 0 Å². The Hall–Kier alpha value is -3.31. The van der Waals surface area contributed by atoms with Gasteiger partial charge in [0.15, 0.2) is 5.16 Å². The molecule has 0 fully saturated rings. The van der Waals surface area contributed by atoms with Crippen LogP contribution in [0.15, 0.2) is 90.1 Å². The number of carbonyl (C=O) groups excluding carboxylic acids is 1. The molecule has 4 nitrogen and oxygen atoms in total. The van der Waals surface area contributed by atoms with Crippen molar-refractivity contribution in [2.75, 3.05) is 11.1 Å². The number of rotatable bonds is 7. The summed E-state index contributed by atoms with van der Waals surface area (Å²) in [5, 5.41) is 3.76. The van der Waals surface area contributed by atoms with Crippen molar-refractivity contribution in [2.24, 2.45) is 0 Å². The van der Waals surface area contributed by atoms with E-state index >= 15 is 0 Å². The lowest BCUT2D eigenvalue weighted by atomic mass is 10.1. The minimum atomic E-state index is 0.00414. The maximum Gasteiger partial charge on any atom is 0.225 e. The SMILES string of the molecule is Cc1ccc(NC(=O)CCSc2nc(-c3ccccc3)c(-c3ccccc3)[nH]2)cc1. The third-order valence-electron chi connectivity index (χ3n) is 4.70. The summed E-state index contributed by atoms with van der Waals surface area (Å²) in [7, 11) is 0. The first-order chi connectivity index (χ1) is 14.7. The van der Waals surface area contributed by atoms with Gasteiger partial charge in [0, 0.05) is 29.0 Å². The topological polar surface area (TPSA) is 57.8 Å². The second-order valence-electron chi connectivity index (χ2n) is 7.01. The molecule has 0 atom stereocenters. The van der Waals surface area contributed by atoms with Crippen LogP contribution in [0.3, 0.4) is 0 Å². The largest absolute Gasteiger partial charge is 0.332 e. The number of imidazole rings is 1. The molecule has 5 heteroatoms. The fourth-order valence-electron chi connectivity index (χ4n) is 3.14. The normalized spacial score (nSPS) is 10.7. The molecule has 150 valence electrons. The Labute approximate surface area is 180 Å². The third-order valence-corrected chi connectivity index (χ3v) is 5.57. The number of nitrogens with zero attached hydrogens (tertiary/aromatic N) is 1. The molecule has 0 unspecified atom stereocenters. The molecule has 4 rings (SSSR count). The highest BCUT2D eigenvalue weighted by molar-refractivity contribution is 7.99. The minimum absolute atomic E-state index is 0.00414. The van der Waals surface area contributed by atoms with Crippen molar-refractivity contribution < 1.29 is 4.79 Å². The van der Waals surface area contributed by atoms with Gasteiger partial charge in [0.05, 0.1) is 11.4 Å². The van der Waals surface area contributed by atoms with Crippen LogP contribution in [-0.4, -0.2) is 21.6 Å². The zero-order chi connectivity index (χ0) is 20.8. The molecule has 2 N–H and O–H groups in total. The van der Waals surface area contributed by atoms with E-state index in [4.69, 9.17) is 4.98 Å². The van der Waals surface area contributed by atoms with Crippen LogP contribution in [-0.2, 0) is 4.79 Å². The van der Waals surface area contributed by atoms with Crippen LogP contribution in [0.2, 0.25) is 0 Å². The van der Waals surface area contributed by atoms with Gasteiger partial charge in [-0.05, 0) is 19.1 Å². The van der Waals surface area contributed by atoms with Crippen LogP contribution in [0.1, 0.15) is 12.0 Å². The van der Waals surface area contributed by atoms with Crippen molar-refractivity contribution in [3.05, 3.63) is 90.5 Å². The second-order valence-corrected chi connectivity index (χ2v) is 8.09. The van der Waals surface area contributed by atoms with Gasteiger partial charge < -0.3 is 10.3 Å². The van der Waals surface area contributed by atoms with E-state index in [-0.39, 0.29) is 5.91 Å². The molecular weight excluding hydrogens is 390 g/mol. The Morgan fingerprint density at radius 1 is 0.900 bits per heavy atom. The molecule has 1 aromatic heterocycles. The first-order valence-corrected chi connectivity index (χ1v) is 10.9. The monoisotopic (exact) mass is 413 g/mol. The van der Waals surface area contributed by atoms with Gasteiger partial charge in [-0.2, -0.15) is 0 Å². The summed E-state index contributed by atoms with van der Waals surface area (Å²) in [5.74, 6) is 0.651. The summed E-state index contributed by atoms with van der Waals surface area (Å²) in [4.78, 5) is 20.5. The van der Waals surface area contributed by atoms with Crippen LogP contribution in [0.5, 0.6) is 0 Å². The molecule has 0 spiro atoms. The number of anilines is 1. The summed E-state index contributed by atoms with van der Waals surface area (Å²) < 4.78 is 0. The van der Waals surface area contributed by atoms with Gasteiger partial charge in [-0.3, -0.25) is 4.79 Å². The molecule has 4 aromatic rings. The average Bonchev–Trinajstić information content (AvgIpc) is 3.21. The third kappa shape index (κ3) is 4.99. The maximum atomic E-state index is 12.2. The number of hydrogen-bond donors (Lipinski definition) is 2. The number of aryl methyl sites for hydroxylation is 1. The summed E-state index contributed by atoms with van der Waals surface area (Å²) in [6, 6.07) is 28.2. The molecule has 1 heterocycles. The van der Waals surface area contributed by atoms with E-state index in [1.807, 2.05) is 67.6 Å². The van der Waals surface area contributed by atoms with Crippen molar-refractivity contribution in [1.29, 1.82) is 0 Å². The molecule has 0 aliphatic carbocycles. The maximum absolute atomic E-state index is 12.2. The number of H-pyrrole nitrogens is 1. The quantitative estimate of drug-likeness (QED) is 0.356. The lowest BCUT2D eigenvalue weighted by Gasteiger charge is -2.04. The number of carbonyl (C=O) groups is 1. The standard InChI is InChI=1S/C25H23N3OS/c1-18-12-14-21(15-13-18)26-22(29)16-17-30-25-27-23(19-8-4-2-5-9-19)24(28-25)20-10-6-3-7-11-20/h2-15H,16-17H2,1H3,(H,26,29)(H,27,28). The average molecular weight is 414 g/mol. The lowest BCUT2D eigenvalue weighted by molar-refractivity contribution is -0.115. The fraction of sp³-hybridized carbons (Fsp3) is 0.120. The van der Waals surface area contributed by atoms with Crippen molar-refractivity contribution in [2.45, 2.75) is 18.5 Å². The predicted molar refractivity (Wildman–Crippen MR) is 125 cm³/mol. The van der Waals surface area contributed by atoms with Gasteiger partial charge in [-0.25, -0.2) is 4.98 Å². The van der Waals surface area contributed by atoms with Gasteiger partial charge in [0.25, 0.3) is 0 Å². The number of hydrogen-bond acceptors (Lipinski definition) is 3. The van der Waals surface area contributed by atoms with E-state index in [1.54, 1.807) is 11.8 Å². The van der Waals surface area contributed by atoms with E-state index in [0.29, 0.717) is 12.2 Å². The number of thioether (sulfide) groups is 1. The van der Waals surface area contributed by atoms with Crippen molar-refractivity contribution in [3.63, 3.8) is 0 Å². The minimum Gasteiger partial charge on any atom is -0.332 e. The van der Waals surface area contributed by atoms with E-state index in [2.05, 4.69) is 34.6 Å². The zero-order valence-electron chi connectivity index (χ0n) is 16.8. The van der Waals surface area contributed by atoms with E-state index < -0.39 is 0 Å². The number of aromatic nitrogens is 2. The molecule has 3 aromatic carbocycles. The second kappa shape index (κ2) is 9.46. The number of amides is 1. The zero-order valence-corrected chi connectivity index (χ0v) is 17.6. The van der Waals surface area contributed by atoms with Gasteiger partial charge in [-0.15, -0.1) is 0 Å². The molecule has 30 heavy (non-hydrogen) atoms. The highest BCUT2D eigenvalue weighted by Gasteiger charge is 2.14. The molecule has 0 aliphatic rings. The summed E-state index contributed by atoms with van der Waals surface area (Å²) >= 11 is 1.56. The van der Waals surface area contributed by atoms with Gasteiger partial charge in [0.2, 0.25) is 5.91 Å². The van der Waals surface area contributed by atoms with Crippen molar-refractivity contribution in [3.8, 4) is 22.5 Å². The molecule has 0 bridgehead atoms. The Kier molecular flexibility index (Phi) is 6.30. The Bertz CT molecular complexity index is 1050. The first kappa shape index (κ1) is 20.0. The summed E-state index contributed by atoms with van der Waals surface area (Å²) in [6.07, 6.45) is 0.417. The van der Waals surface area contributed by atoms with Crippen LogP contribution < -0.4 is 5.32 Å². The molecule has 0 saturated heterocycles. The van der Waals surface area contributed by atoms with E-state index in [1.165, 1.54) is 5.56 Å². The van der Waals surface area contributed by atoms with Crippen molar-refractivity contribution in [1.82, 2.24) is 9.97 Å². The highest BCUT2D eigenvalue weighted by atomic mass is 32.2. The Morgan fingerprint density at radius 2 is 1.53 bits per heavy atom. The number of benzene rings is 3. The molecule has 0 saturated carbocycles. The lowest BCUT2D eigenvalue weighted by Crippen LogP contribution is -2.12. The number of nitrogens with one attached hydrogen (secondary N) is 2. The highest BCUT2D eigenvalue weighted by Crippen LogP contribution is 2.32. The summed E-state index contributed by atoms with van der Waals surface area (Å²) in [6.45, 7) is 2.03. The van der Waals surface area contributed by atoms with Crippen LogP contribution in [0, 0.1) is 6.92 Å². The number of aromatic amines is 1. The Morgan fingerprint density at radius 3 is 2.20 bits per heavy atom. The molecule has 1 amide bonds. The van der Waals surface area contributed by atoms with Crippen molar-refractivity contribution >= 4 is 23.4 Å². The molecule has 0 aliphatic heterocycles. The van der Waals surface area contributed by atoms with Crippen LogP contribution >= 0.6 is 11.8 Å².